The van der Waals surface area contributed by atoms with E-state index < -0.39 is 34.0 Å². The lowest BCUT2D eigenvalue weighted by molar-refractivity contribution is 0.0216. The number of aliphatic hydroxyl groups excluding tert-OH is 2. The van der Waals surface area contributed by atoms with Crippen molar-refractivity contribution in [3.05, 3.63) is 23.7 Å². The van der Waals surface area contributed by atoms with E-state index >= 15 is 0 Å². The molecule has 38 heavy (non-hydrogen) atoms. The summed E-state index contributed by atoms with van der Waals surface area (Å²) in [5.41, 5.74) is 3.43. The van der Waals surface area contributed by atoms with E-state index in [1.54, 1.807) is 11.3 Å². The molecule has 4 N–H and O–H groups in total. The number of aryl methyl sites for hydroxylation is 1. The maximum absolute atomic E-state index is 11.9. The number of pyridine rings is 1. The molecule has 3 fully saturated rings. The number of aliphatic hydroxyl groups is 2. The van der Waals surface area contributed by atoms with Gasteiger partial charge in [0.05, 0.1) is 39.5 Å². The lowest BCUT2D eigenvalue weighted by Gasteiger charge is -2.22. The standard InChI is InChI=1S/C26H34N6O4S2/c1-12(14-4-5-14)28-26-29-13(2)19(25-31-21-18(37-25)8-9-27-20(21)15-6-7-15)24(32-26)30-17-10-16(11-38(3,35)36)22(33)23(17)34/h8-9,12,14-17,22-23,33-34H,4-7,10-11H2,1-3H3,(H2,28,29,30,32). The van der Waals surface area contributed by atoms with Crippen LogP contribution < -0.4 is 10.6 Å². The van der Waals surface area contributed by atoms with E-state index in [2.05, 4.69) is 22.5 Å². The van der Waals surface area contributed by atoms with E-state index in [-0.39, 0.29) is 11.8 Å². The third kappa shape index (κ3) is 5.23. The predicted octanol–water partition coefficient (Wildman–Crippen LogP) is 3.11. The second kappa shape index (κ2) is 9.65. The quantitative estimate of drug-likeness (QED) is 0.308. The van der Waals surface area contributed by atoms with Crippen LogP contribution >= 0.6 is 11.3 Å². The highest BCUT2D eigenvalue weighted by Gasteiger charge is 2.43. The Morgan fingerprint density at radius 3 is 2.58 bits per heavy atom. The summed E-state index contributed by atoms with van der Waals surface area (Å²) in [4.78, 5) is 19.2. The smallest absolute Gasteiger partial charge is 0.225 e. The van der Waals surface area contributed by atoms with Gasteiger partial charge in [-0.1, -0.05) is 0 Å². The van der Waals surface area contributed by atoms with Crippen molar-refractivity contribution in [2.24, 2.45) is 11.8 Å². The molecule has 3 heterocycles. The fourth-order valence-corrected chi connectivity index (χ4v) is 7.73. The molecule has 10 nitrogen and oxygen atoms in total. The molecule has 5 atom stereocenters. The van der Waals surface area contributed by atoms with Crippen LogP contribution in [0.25, 0.3) is 20.8 Å². The maximum atomic E-state index is 11.9. The second-order valence-corrected chi connectivity index (χ2v) is 14.5. The molecule has 3 aromatic heterocycles. The zero-order chi connectivity index (χ0) is 26.8. The zero-order valence-electron chi connectivity index (χ0n) is 21.8. The van der Waals surface area contributed by atoms with Gasteiger partial charge in [-0.05, 0) is 57.9 Å². The SMILES string of the molecule is Cc1nc(NC(C)C2CC2)nc(NC2CC(CS(C)(=O)=O)C(O)C2O)c1-c1nc2c(C3CC3)nccc2s1. The fraction of sp³-hybridized carbons (Fsp3) is 0.615. The predicted molar refractivity (Wildman–Crippen MR) is 148 cm³/mol. The van der Waals surface area contributed by atoms with Crippen LogP contribution in [-0.2, 0) is 9.84 Å². The van der Waals surface area contributed by atoms with Gasteiger partial charge in [-0.25, -0.2) is 18.4 Å². The Morgan fingerprint density at radius 1 is 1.13 bits per heavy atom. The number of thiazole rings is 1. The Bertz CT molecular complexity index is 1470. The molecule has 3 aliphatic rings. The Hall–Kier alpha value is -2.41. The molecule has 204 valence electrons. The molecule has 0 aliphatic heterocycles. The Labute approximate surface area is 226 Å². The van der Waals surface area contributed by atoms with Crippen molar-refractivity contribution in [2.75, 3.05) is 22.6 Å². The maximum Gasteiger partial charge on any atom is 0.225 e. The first-order valence-corrected chi connectivity index (χ1v) is 16.2. The van der Waals surface area contributed by atoms with Crippen LogP contribution in [-0.4, -0.2) is 74.9 Å². The van der Waals surface area contributed by atoms with Crippen molar-refractivity contribution in [2.45, 2.75) is 76.2 Å². The number of aromatic nitrogens is 4. The van der Waals surface area contributed by atoms with Crippen LogP contribution in [0.4, 0.5) is 11.8 Å². The average Bonchev–Trinajstić information content (AvgIpc) is 3.76. The molecule has 12 heteroatoms. The highest BCUT2D eigenvalue weighted by Crippen LogP contribution is 2.45. The van der Waals surface area contributed by atoms with E-state index in [1.807, 2.05) is 19.2 Å². The summed E-state index contributed by atoms with van der Waals surface area (Å²) >= 11 is 1.56. The number of anilines is 2. The topological polar surface area (TPSA) is 150 Å². The summed E-state index contributed by atoms with van der Waals surface area (Å²) in [6.07, 6.45) is 5.65. The van der Waals surface area contributed by atoms with Crippen LogP contribution in [0.1, 0.15) is 56.3 Å². The molecule has 0 spiro atoms. The molecule has 0 bridgehead atoms. The molecule has 0 radical (unpaired) electrons. The van der Waals surface area contributed by atoms with E-state index in [4.69, 9.17) is 15.0 Å². The first-order valence-electron chi connectivity index (χ1n) is 13.3. The lowest BCUT2D eigenvalue weighted by atomic mass is 10.1. The fourth-order valence-electron chi connectivity index (χ4n) is 5.55. The molecule has 3 saturated carbocycles. The van der Waals surface area contributed by atoms with Crippen molar-refractivity contribution in [3.8, 4) is 10.6 Å². The van der Waals surface area contributed by atoms with Gasteiger partial charge in [-0.3, -0.25) is 4.98 Å². The molecular weight excluding hydrogens is 524 g/mol. The highest BCUT2D eigenvalue weighted by atomic mass is 32.2. The Kier molecular flexibility index (Phi) is 6.56. The van der Waals surface area contributed by atoms with Crippen LogP contribution in [0, 0.1) is 18.8 Å². The zero-order valence-corrected chi connectivity index (χ0v) is 23.4. The molecular formula is C26H34N6O4S2. The number of hydrogen-bond acceptors (Lipinski definition) is 11. The van der Waals surface area contributed by atoms with E-state index in [0.29, 0.717) is 30.0 Å². The number of nitrogens with one attached hydrogen (secondary N) is 2. The first-order chi connectivity index (χ1) is 18.1. The second-order valence-electron chi connectivity index (χ2n) is 11.3. The average molecular weight is 559 g/mol. The normalized spacial score (nSPS) is 26.6. The van der Waals surface area contributed by atoms with Crippen LogP contribution in [0.15, 0.2) is 12.3 Å². The van der Waals surface area contributed by atoms with Gasteiger partial charge < -0.3 is 20.8 Å². The van der Waals surface area contributed by atoms with E-state index in [9.17, 15) is 18.6 Å². The number of sulfone groups is 1. The number of rotatable bonds is 9. The summed E-state index contributed by atoms with van der Waals surface area (Å²) in [6, 6.07) is 1.64. The summed E-state index contributed by atoms with van der Waals surface area (Å²) in [5.74, 6) is 1.33. The summed E-state index contributed by atoms with van der Waals surface area (Å²) in [5, 5.41) is 29.0. The largest absolute Gasteiger partial charge is 0.390 e. The minimum Gasteiger partial charge on any atom is -0.390 e. The van der Waals surface area contributed by atoms with Gasteiger partial charge in [-0.2, -0.15) is 4.98 Å². The first kappa shape index (κ1) is 25.8. The van der Waals surface area contributed by atoms with Gasteiger partial charge in [0.25, 0.3) is 0 Å². The summed E-state index contributed by atoms with van der Waals surface area (Å²) in [6.45, 7) is 4.05. The Balaban J connectivity index is 1.38. The van der Waals surface area contributed by atoms with Crippen LogP contribution in [0.3, 0.4) is 0 Å². The highest BCUT2D eigenvalue weighted by molar-refractivity contribution is 7.90. The van der Waals surface area contributed by atoms with Crippen molar-refractivity contribution in [1.82, 2.24) is 19.9 Å². The van der Waals surface area contributed by atoms with Gasteiger partial charge in [-0.15, -0.1) is 11.3 Å². The van der Waals surface area contributed by atoms with Gasteiger partial charge in [0.1, 0.15) is 32.3 Å². The third-order valence-corrected chi connectivity index (χ3v) is 10.0. The van der Waals surface area contributed by atoms with Crippen molar-refractivity contribution in [1.29, 1.82) is 0 Å². The lowest BCUT2D eigenvalue weighted by Crippen LogP contribution is -2.36. The molecule has 0 aromatic carbocycles. The number of nitrogens with zero attached hydrogens (tertiary/aromatic N) is 4. The van der Waals surface area contributed by atoms with Gasteiger partial charge in [0, 0.05) is 30.3 Å². The third-order valence-electron chi connectivity index (χ3n) is 7.93. The molecule has 0 saturated heterocycles. The Morgan fingerprint density at radius 2 is 1.89 bits per heavy atom. The minimum absolute atomic E-state index is 0.181. The molecule has 3 aliphatic carbocycles. The van der Waals surface area contributed by atoms with E-state index in [0.717, 1.165) is 51.3 Å². The molecule has 5 unspecified atom stereocenters. The summed E-state index contributed by atoms with van der Waals surface area (Å²) < 4.78 is 24.9. The van der Waals surface area contributed by atoms with Crippen molar-refractivity contribution >= 4 is 43.2 Å². The molecule has 6 rings (SSSR count). The van der Waals surface area contributed by atoms with Gasteiger partial charge in [0.15, 0.2) is 0 Å². The molecule has 0 amide bonds. The van der Waals surface area contributed by atoms with Crippen molar-refractivity contribution in [3.63, 3.8) is 0 Å². The number of hydrogen-bond donors (Lipinski definition) is 4. The van der Waals surface area contributed by atoms with Gasteiger partial charge >= 0.3 is 0 Å². The van der Waals surface area contributed by atoms with E-state index in [1.165, 1.54) is 12.8 Å². The van der Waals surface area contributed by atoms with Gasteiger partial charge in [0.2, 0.25) is 5.95 Å². The van der Waals surface area contributed by atoms with Crippen LogP contribution in [0.2, 0.25) is 0 Å². The minimum atomic E-state index is -3.31. The monoisotopic (exact) mass is 558 g/mol. The molecule has 3 aromatic rings. The van der Waals surface area contributed by atoms with Crippen molar-refractivity contribution < 1.29 is 18.6 Å². The van der Waals surface area contributed by atoms with Crippen LogP contribution in [0.5, 0.6) is 0 Å². The number of fused-ring (bicyclic) bond motifs is 1. The summed E-state index contributed by atoms with van der Waals surface area (Å²) in [7, 11) is -3.31.